The molecule has 1 saturated heterocycles. The molecule has 1 aromatic carbocycles. The van der Waals surface area contributed by atoms with E-state index in [4.69, 9.17) is 9.84 Å². The predicted molar refractivity (Wildman–Crippen MR) is 120 cm³/mol. The molecule has 0 unspecified atom stereocenters. The number of aromatic amines is 1. The lowest BCUT2D eigenvalue weighted by Gasteiger charge is -2.43. The van der Waals surface area contributed by atoms with E-state index in [1.807, 2.05) is 24.3 Å². The second-order valence-corrected chi connectivity index (χ2v) is 11.4. The van der Waals surface area contributed by atoms with Gasteiger partial charge in [-0.3, -0.25) is 24.1 Å². The van der Waals surface area contributed by atoms with E-state index in [0.29, 0.717) is 0 Å². The lowest BCUT2D eigenvalue weighted by molar-refractivity contribution is -0.142. The highest BCUT2D eigenvalue weighted by Crippen LogP contribution is 2.68. The normalized spacial score (nSPS) is 33.7. The molecule has 2 N–H and O–H groups in total. The molecule has 4 aliphatic rings. The van der Waals surface area contributed by atoms with Crippen molar-refractivity contribution in [2.75, 3.05) is 13.7 Å². The zero-order valence-corrected chi connectivity index (χ0v) is 19.4. The standard InChI is InChI=1S/C23H22N2O6S2/c1-31-12-5-3-2-4-9(12)14-15-10-8-11(18(15)32-20-19(14)33-23(30)24-20)17-16(10)21(28)25(22(17)29)7-6-13(26)27/h2-5,10-11,14-18H,6-8H2,1H3,(H,24,30)(H,26,27)/t10-,11+,14+,15+,16+,17+,18-/m0/s1. The van der Waals surface area contributed by atoms with E-state index >= 15 is 0 Å². The molecule has 7 atom stereocenters. The monoisotopic (exact) mass is 486 g/mol. The maximum absolute atomic E-state index is 13.3. The van der Waals surface area contributed by atoms with Crippen LogP contribution < -0.4 is 9.61 Å². The number of benzene rings is 1. The number of nitrogens with one attached hydrogen (secondary N) is 1. The van der Waals surface area contributed by atoms with Crippen molar-refractivity contribution in [1.82, 2.24) is 9.88 Å². The molecular weight excluding hydrogens is 464 g/mol. The SMILES string of the molecule is COc1ccccc1[C@H]1c2sc(=O)[nH]c2S[C@H]2[C@@H]3C[C@H]([C@H]4C(=O)N(CCC(=O)O)C(=O)[C@H]34)[C@H]12. The fraction of sp³-hybridized carbons (Fsp3) is 0.478. The smallest absolute Gasteiger partial charge is 0.305 e. The van der Waals surface area contributed by atoms with E-state index in [1.165, 1.54) is 16.2 Å². The number of aromatic nitrogens is 1. The molecule has 3 fully saturated rings. The number of hydrogen-bond acceptors (Lipinski definition) is 7. The van der Waals surface area contributed by atoms with Crippen LogP contribution >= 0.6 is 23.1 Å². The minimum absolute atomic E-state index is 0.00374. The van der Waals surface area contributed by atoms with Gasteiger partial charge in [-0.15, -0.1) is 11.8 Å². The number of carboxylic acid groups (broad SMARTS) is 1. The number of imide groups is 1. The number of thioether (sulfide) groups is 1. The van der Waals surface area contributed by atoms with Gasteiger partial charge in [0.05, 0.1) is 30.4 Å². The van der Waals surface area contributed by atoms with Gasteiger partial charge in [-0.25, -0.2) is 0 Å². The number of fused-ring (bicyclic) bond motifs is 9. The van der Waals surface area contributed by atoms with E-state index in [2.05, 4.69) is 4.98 Å². The highest BCUT2D eigenvalue weighted by molar-refractivity contribution is 8.00. The molecule has 2 bridgehead atoms. The Kier molecular flexibility index (Phi) is 4.74. The molecule has 10 heteroatoms. The number of ether oxygens (including phenoxy) is 1. The van der Waals surface area contributed by atoms with Gasteiger partial charge in [0.1, 0.15) is 5.75 Å². The van der Waals surface area contributed by atoms with Crippen molar-refractivity contribution in [3.8, 4) is 5.75 Å². The molecule has 2 saturated carbocycles. The number of amides is 2. The van der Waals surface area contributed by atoms with Crippen LogP contribution in [0.15, 0.2) is 34.1 Å². The minimum atomic E-state index is -1.02. The van der Waals surface area contributed by atoms with Gasteiger partial charge in [0.25, 0.3) is 0 Å². The zero-order chi connectivity index (χ0) is 23.0. The number of H-pyrrole nitrogens is 1. The van der Waals surface area contributed by atoms with Crippen LogP contribution in [0.2, 0.25) is 0 Å². The van der Waals surface area contributed by atoms with Gasteiger partial charge in [0, 0.05) is 28.2 Å². The summed E-state index contributed by atoms with van der Waals surface area (Å²) in [6, 6.07) is 7.80. The summed E-state index contributed by atoms with van der Waals surface area (Å²) >= 11 is 2.85. The number of methoxy groups -OCH3 is 1. The van der Waals surface area contributed by atoms with Gasteiger partial charge >= 0.3 is 10.8 Å². The van der Waals surface area contributed by atoms with E-state index in [1.54, 1.807) is 18.9 Å². The highest BCUT2D eigenvalue weighted by atomic mass is 32.2. The minimum Gasteiger partial charge on any atom is -0.496 e. The predicted octanol–water partition coefficient (Wildman–Crippen LogP) is 2.39. The van der Waals surface area contributed by atoms with Crippen LogP contribution in [0.1, 0.15) is 29.2 Å². The van der Waals surface area contributed by atoms with E-state index < -0.39 is 17.8 Å². The van der Waals surface area contributed by atoms with Gasteiger partial charge in [0.15, 0.2) is 0 Å². The van der Waals surface area contributed by atoms with Crippen LogP contribution in [0.3, 0.4) is 0 Å². The Labute approximate surface area is 197 Å². The number of hydrogen-bond donors (Lipinski definition) is 2. The summed E-state index contributed by atoms with van der Waals surface area (Å²) in [5.41, 5.74) is 0.996. The summed E-state index contributed by atoms with van der Waals surface area (Å²) in [4.78, 5) is 54.9. The van der Waals surface area contributed by atoms with Crippen molar-refractivity contribution in [3.05, 3.63) is 44.4 Å². The summed E-state index contributed by atoms with van der Waals surface area (Å²) < 4.78 is 5.67. The summed E-state index contributed by atoms with van der Waals surface area (Å²) in [6.45, 7) is -0.0709. The molecule has 8 nitrogen and oxygen atoms in total. The van der Waals surface area contributed by atoms with Gasteiger partial charge in [-0.05, 0) is 30.2 Å². The molecule has 2 aromatic rings. The van der Waals surface area contributed by atoms with Crippen LogP contribution in [0.5, 0.6) is 5.75 Å². The van der Waals surface area contributed by atoms with E-state index in [0.717, 1.165) is 27.6 Å². The molecule has 0 spiro atoms. The first-order valence-electron chi connectivity index (χ1n) is 11.0. The van der Waals surface area contributed by atoms with Crippen molar-refractivity contribution in [3.63, 3.8) is 0 Å². The van der Waals surface area contributed by atoms with Gasteiger partial charge in [-0.1, -0.05) is 29.5 Å². The largest absolute Gasteiger partial charge is 0.496 e. The third-order valence-electron chi connectivity index (χ3n) is 7.84. The Morgan fingerprint density at radius 2 is 1.91 bits per heavy atom. The molecule has 2 amide bonds. The number of thiazole rings is 1. The van der Waals surface area contributed by atoms with Crippen molar-refractivity contribution in [2.24, 2.45) is 29.6 Å². The Hall–Kier alpha value is -2.59. The van der Waals surface area contributed by atoms with Crippen LogP contribution in [0.25, 0.3) is 0 Å². The third-order valence-corrected chi connectivity index (χ3v) is 10.4. The Morgan fingerprint density at radius 1 is 1.18 bits per heavy atom. The first kappa shape index (κ1) is 21.0. The summed E-state index contributed by atoms with van der Waals surface area (Å²) in [7, 11) is 1.63. The van der Waals surface area contributed by atoms with Crippen LogP contribution in [0.4, 0.5) is 0 Å². The number of rotatable bonds is 5. The zero-order valence-electron chi connectivity index (χ0n) is 17.7. The average Bonchev–Trinajstić information content (AvgIpc) is 3.51. The molecule has 6 rings (SSSR count). The fourth-order valence-corrected chi connectivity index (χ4v) is 9.66. The van der Waals surface area contributed by atoms with Crippen molar-refractivity contribution in [1.29, 1.82) is 0 Å². The van der Waals surface area contributed by atoms with Gasteiger partial charge < -0.3 is 14.8 Å². The number of carbonyl (C=O) groups excluding carboxylic acids is 2. The van der Waals surface area contributed by atoms with Crippen LogP contribution in [0, 0.1) is 29.6 Å². The summed E-state index contributed by atoms with van der Waals surface area (Å²) in [5.74, 6) is -1.51. The first-order valence-corrected chi connectivity index (χ1v) is 12.7. The molecule has 2 aliphatic carbocycles. The van der Waals surface area contributed by atoms with Crippen LogP contribution in [-0.4, -0.2) is 51.7 Å². The Bertz CT molecular complexity index is 1240. The third kappa shape index (κ3) is 2.89. The fourth-order valence-electron chi connectivity index (χ4n) is 6.78. The number of likely N-dealkylation sites (tertiary alicyclic amines) is 1. The topological polar surface area (TPSA) is 117 Å². The number of carbonyl (C=O) groups is 3. The molecule has 0 radical (unpaired) electrons. The average molecular weight is 487 g/mol. The quantitative estimate of drug-likeness (QED) is 0.623. The second-order valence-electron chi connectivity index (χ2n) is 9.17. The molecular formula is C23H22N2O6S2. The summed E-state index contributed by atoms with van der Waals surface area (Å²) in [5, 5.41) is 10.0. The molecule has 172 valence electrons. The number of nitrogens with zero attached hydrogens (tertiary/aromatic N) is 1. The lowest BCUT2D eigenvalue weighted by atomic mass is 9.68. The van der Waals surface area contributed by atoms with Crippen molar-refractivity contribution >= 4 is 40.9 Å². The number of para-hydroxylation sites is 1. The number of carboxylic acids is 1. The first-order chi connectivity index (χ1) is 15.9. The molecule has 1 aromatic heterocycles. The van der Waals surface area contributed by atoms with Gasteiger partial charge in [0.2, 0.25) is 11.8 Å². The van der Waals surface area contributed by atoms with Crippen molar-refractivity contribution in [2.45, 2.75) is 29.0 Å². The summed E-state index contributed by atoms with van der Waals surface area (Å²) in [6.07, 6.45) is 0.558. The van der Waals surface area contributed by atoms with E-state index in [9.17, 15) is 19.2 Å². The maximum atomic E-state index is 13.3. The van der Waals surface area contributed by atoms with Crippen molar-refractivity contribution < 1.29 is 24.2 Å². The molecule has 33 heavy (non-hydrogen) atoms. The molecule has 3 heterocycles. The van der Waals surface area contributed by atoms with Crippen LogP contribution in [-0.2, 0) is 14.4 Å². The Balaban J connectivity index is 1.43. The number of aliphatic carboxylic acids is 1. The lowest BCUT2D eigenvalue weighted by Crippen LogP contribution is -2.42. The second kappa shape index (κ2) is 7.46. The van der Waals surface area contributed by atoms with E-state index in [-0.39, 0.29) is 58.6 Å². The maximum Gasteiger partial charge on any atom is 0.305 e. The van der Waals surface area contributed by atoms with Gasteiger partial charge in [-0.2, -0.15) is 0 Å². The Morgan fingerprint density at radius 3 is 2.64 bits per heavy atom. The highest BCUT2D eigenvalue weighted by Gasteiger charge is 2.69. The molecule has 2 aliphatic heterocycles.